The molecule has 1 N–H and O–H groups in total. The number of hydrogen-bond acceptors (Lipinski definition) is 4. The number of ether oxygens (including phenoxy) is 1. The minimum Gasteiger partial charge on any atom is -0.460 e. The molecular formula is C31H40F2N2O4. The van der Waals surface area contributed by atoms with Gasteiger partial charge in [-0.1, -0.05) is 44.2 Å². The number of carbonyl (C=O) groups excluding carboxylic acids is 3. The molecule has 2 atom stereocenters. The van der Waals surface area contributed by atoms with Crippen LogP contribution in [0, 0.1) is 28.9 Å². The molecule has 2 amide bonds. The van der Waals surface area contributed by atoms with Crippen LogP contribution in [0.5, 0.6) is 0 Å². The molecule has 6 nitrogen and oxygen atoms in total. The number of halogens is 2. The normalized spacial score (nSPS) is 18.4. The fourth-order valence-corrected chi connectivity index (χ4v) is 5.43. The molecule has 212 valence electrons. The van der Waals surface area contributed by atoms with Gasteiger partial charge in [-0.15, -0.1) is 0 Å². The maximum Gasteiger partial charge on any atom is 0.310 e. The van der Waals surface area contributed by atoms with Crippen molar-refractivity contribution < 1.29 is 27.9 Å². The summed E-state index contributed by atoms with van der Waals surface area (Å²) in [5.74, 6) is -3.90. The number of likely N-dealkylation sites (tertiary alicyclic amines) is 1. The summed E-state index contributed by atoms with van der Waals surface area (Å²) in [7, 11) is 0. The molecule has 0 radical (unpaired) electrons. The second-order valence-electron chi connectivity index (χ2n) is 11.8. The van der Waals surface area contributed by atoms with E-state index in [1.165, 1.54) is 6.07 Å². The molecule has 1 aliphatic rings. The van der Waals surface area contributed by atoms with E-state index in [4.69, 9.17) is 4.74 Å². The topological polar surface area (TPSA) is 75.7 Å². The summed E-state index contributed by atoms with van der Waals surface area (Å²) in [5, 5.41) is 2.70. The highest BCUT2D eigenvalue weighted by Crippen LogP contribution is 2.47. The van der Waals surface area contributed by atoms with E-state index in [0.29, 0.717) is 32.4 Å². The second-order valence-corrected chi connectivity index (χ2v) is 11.8. The van der Waals surface area contributed by atoms with Crippen molar-refractivity contribution in [2.75, 3.05) is 19.6 Å². The maximum atomic E-state index is 14.0. The molecular weight excluding hydrogens is 502 g/mol. The Morgan fingerprint density at radius 1 is 1.08 bits per heavy atom. The first-order valence-corrected chi connectivity index (χ1v) is 13.6. The van der Waals surface area contributed by atoms with Crippen LogP contribution >= 0.6 is 0 Å². The van der Waals surface area contributed by atoms with Gasteiger partial charge in [0.05, 0.1) is 11.3 Å². The molecule has 0 spiro atoms. The molecule has 2 aromatic carbocycles. The highest BCUT2D eigenvalue weighted by atomic mass is 19.2. The predicted octanol–water partition coefficient (Wildman–Crippen LogP) is 5.55. The van der Waals surface area contributed by atoms with Gasteiger partial charge in [-0.2, -0.15) is 0 Å². The molecule has 39 heavy (non-hydrogen) atoms. The van der Waals surface area contributed by atoms with Crippen molar-refractivity contribution in [3.8, 4) is 0 Å². The predicted molar refractivity (Wildman–Crippen MR) is 146 cm³/mol. The fraction of sp³-hybridized carbons (Fsp3) is 0.516. The summed E-state index contributed by atoms with van der Waals surface area (Å²) in [6, 6.07) is 12.9. The smallest absolute Gasteiger partial charge is 0.310 e. The Labute approximate surface area is 230 Å². The molecule has 0 aromatic heterocycles. The Kier molecular flexibility index (Phi) is 9.86. The second kappa shape index (κ2) is 12.7. The summed E-state index contributed by atoms with van der Waals surface area (Å²) in [5.41, 5.74) is -0.600. The number of esters is 1. The maximum absolute atomic E-state index is 14.0. The van der Waals surface area contributed by atoms with E-state index >= 15 is 0 Å². The van der Waals surface area contributed by atoms with Crippen molar-refractivity contribution in [1.82, 2.24) is 10.2 Å². The van der Waals surface area contributed by atoms with Crippen LogP contribution in [0.3, 0.4) is 0 Å². The zero-order valence-corrected chi connectivity index (χ0v) is 23.6. The van der Waals surface area contributed by atoms with Gasteiger partial charge in [-0.3, -0.25) is 14.4 Å². The zero-order chi connectivity index (χ0) is 28.8. The van der Waals surface area contributed by atoms with Gasteiger partial charge >= 0.3 is 5.97 Å². The third kappa shape index (κ3) is 7.87. The third-order valence-corrected chi connectivity index (χ3v) is 7.09. The Bertz CT molecular complexity index is 1160. The molecule has 0 aliphatic carbocycles. The van der Waals surface area contributed by atoms with Crippen molar-refractivity contribution >= 4 is 17.8 Å². The molecule has 2 aromatic rings. The fourth-order valence-electron chi connectivity index (χ4n) is 5.43. The van der Waals surface area contributed by atoms with Crippen molar-refractivity contribution in [3.63, 3.8) is 0 Å². The average molecular weight is 543 g/mol. The van der Waals surface area contributed by atoms with E-state index in [9.17, 15) is 23.2 Å². The number of nitrogens with one attached hydrogen (secondary N) is 1. The largest absolute Gasteiger partial charge is 0.460 e. The summed E-state index contributed by atoms with van der Waals surface area (Å²) >= 11 is 0. The van der Waals surface area contributed by atoms with Gasteiger partial charge in [0, 0.05) is 25.2 Å². The molecule has 1 aliphatic heterocycles. The molecule has 1 fully saturated rings. The first-order chi connectivity index (χ1) is 18.3. The van der Waals surface area contributed by atoms with Crippen LogP contribution in [0.15, 0.2) is 48.5 Å². The van der Waals surface area contributed by atoms with Crippen molar-refractivity contribution in [3.05, 3.63) is 71.3 Å². The van der Waals surface area contributed by atoms with E-state index in [1.807, 2.05) is 49.1 Å². The van der Waals surface area contributed by atoms with E-state index in [0.717, 1.165) is 17.7 Å². The van der Waals surface area contributed by atoms with Crippen molar-refractivity contribution in [2.45, 2.75) is 65.9 Å². The SMILES string of the molecule is CC(C)CC1(C(CCNC(=O)c2ccc(F)c(F)c2)C(=O)OC(C)(C)C)CCN(CCc2ccccc2)C1=O. The van der Waals surface area contributed by atoms with Crippen LogP contribution in [0.1, 0.15) is 69.8 Å². The van der Waals surface area contributed by atoms with Gasteiger partial charge in [0.15, 0.2) is 11.6 Å². The standard InChI is InChI=1S/C31H40F2N2O4/c1-21(2)20-31(15-18-35(29(31)38)17-14-22-9-7-6-8-10-22)24(28(37)39-30(3,4)5)13-16-34-27(36)23-11-12-25(32)26(33)19-23/h6-12,19,21,24H,13-18,20H2,1-5H3,(H,34,36). The quantitative estimate of drug-likeness (QED) is 0.378. The monoisotopic (exact) mass is 542 g/mol. The number of hydrogen-bond donors (Lipinski definition) is 1. The van der Waals surface area contributed by atoms with Crippen LogP contribution in [-0.2, 0) is 20.7 Å². The first-order valence-electron chi connectivity index (χ1n) is 13.6. The average Bonchev–Trinajstić information content (AvgIpc) is 3.16. The Morgan fingerprint density at radius 2 is 1.77 bits per heavy atom. The lowest BCUT2D eigenvalue weighted by Crippen LogP contribution is -2.47. The molecule has 8 heteroatoms. The molecule has 1 saturated heterocycles. The van der Waals surface area contributed by atoms with Gasteiger partial charge in [-0.25, -0.2) is 8.78 Å². The van der Waals surface area contributed by atoms with Crippen molar-refractivity contribution in [2.24, 2.45) is 17.3 Å². The lowest BCUT2D eigenvalue weighted by molar-refractivity contribution is -0.169. The molecule has 0 bridgehead atoms. The first kappa shape index (κ1) is 30.3. The van der Waals surface area contributed by atoms with Gasteiger partial charge < -0.3 is 15.0 Å². The lowest BCUT2D eigenvalue weighted by Gasteiger charge is -2.37. The van der Waals surface area contributed by atoms with E-state index in [2.05, 4.69) is 5.32 Å². The number of benzene rings is 2. The molecule has 2 unspecified atom stereocenters. The third-order valence-electron chi connectivity index (χ3n) is 7.09. The minimum absolute atomic E-state index is 0.0244. The number of rotatable bonds is 11. The Hall–Kier alpha value is -3.29. The Morgan fingerprint density at radius 3 is 2.38 bits per heavy atom. The summed E-state index contributed by atoms with van der Waals surface area (Å²) < 4.78 is 32.7. The van der Waals surface area contributed by atoms with Crippen LogP contribution in [0.25, 0.3) is 0 Å². The van der Waals surface area contributed by atoms with Gasteiger partial charge in [0.2, 0.25) is 5.91 Å². The molecule has 0 saturated carbocycles. The zero-order valence-electron chi connectivity index (χ0n) is 23.6. The van der Waals surface area contributed by atoms with Gasteiger partial charge in [-0.05, 0) is 76.1 Å². The summed E-state index contributed by atoms with van der Waals surface area (Å²) in [6.45, 7) is 10.6. The highest BCUT2D eigenvalue weighted by Gasteiger charge is 2.55. The van der Waals surface area contributed by atoms with Crippen LogP contribution in [-0.4, -0.2) is 47.9 Å². The minimum atomic E-state index is -1.11. The number of nitrogens with zero attached hydrogens (tertiary/aromatic N) is 1. The van der Waals surface area contributed by atoms with Gasteiger partial charge in [0.1, 0.15) is 5.60 Å². The lowest BCUT2D eigenvalue weighted by atomic mass is 9.67. The summed E-state index contributed by atoms with van der Waals surface area (Å²) in [6.07, 6.45) is 1.91. The number of amides is 2. The van der Waals surface area contributed by atoms with Crippen molar-refractivity contribution in [1.29, 1.82) is 0 Å². The van der Waals surface area contributed by atoms with E-state index in [-0.39, 0.29) is 30.4 Å². The number of carbonyl (C=O) groups is 3. The molecule has 3 rings (SSSR count). The highest BCUT2D eigenvalue weighted by molar-refractivity contribution is 5.94. The van der Waals surface area contributed by atoms with Crippen LogP contribution in [0.2, 0.25) is 0 Å². The van der Waals surface area contributed by atoms with Gasteiger partial charge in [0.25, 0.3) is 5.91 Å². The van der Waals surface area contributed by atoms with Crippen LogP contribution in [0.4, 0.5) is 8.78 Å². The van der Waals surface area contributed by atoms with Crippen LogP contribution < -0.4 is 5.32 Å². The molecule has 1 heterocycles. The summed E-state index contributed by atoms with van der Waals surface area (Å²) in [4.78, 5) is 42.1. The van der Waals surface area contributed by atoms with E-state index < -0.39 is 40.4 Å². The van der Waals surface area contributed by atoms with E-state index in [1.54, 1.807) is 20.8 Å². The Balaban J connectivity index is 1.82.